The van der Waals surface area contributed by atoms with Crippen molar-refractivity contribution in [1.29, 1.82) is 0 Å². The fraction of sp³-hybridized carbons (Fsp3) is 0.227. The molecule has 3 aromatic rings. The van der Waals surface area contributed by atoms with Crippen LogP contribution in [0.4, 0.5) is 5.95 Å². The second-order valence-corrected chi connectivity index (χ2v) is 6.90. The average molecular weight is 424 g/mol. The molecule has 6 N–H and O–H groups in total. The number of nitrogens with zero attached hydrogens (tertiary/aromatic N) is 2. The molecule has 0 radical (unpaired) electrons. The van der Waals surface area contributed by atoms with E-state index in [1.54, 1.807) is 42.6 Å². The summed E-state index contributed by atoms with van der Waals surface area (Å²) in [6.45, 7) is 0.438. The number of anilines is 1. The predicted octanol–water partition coefficient (Wildman–Crippen LogP) is 2.83. The van der Waals surface area contributed by atoms with Crippen LogP contribution in [0.3, 0.4) is 0 Å². The lowest BCUT2D eigenvalue weighted by atomic mass is 10.00. The van der Waals surface area contributed by atoms with Crippen molar-refractivity contribution in [3.8, 4) is 39.6 Å². The van der Waals surface area contributed by atoms with Crippen LogP contribution < -0.4 is 15.8 Å². The van der Waals surface area contributed by atoms with Crippen molar-refractivity contribution in [2.45, 2.75) is 18.9 Å². The smallest absolute Gasteiger partial charge is 0.320 e. The van der Waals surface area contributed by atoms with Crippen LogP contribution >= 0.6 is 0 Å². The summed E-state index contributed by atoms with van der Waals surface area (Å²) in [5, 5.41) is 32.1. The summed E-state index contributed by atoms with van der Waals surface area (Å²) in [6, 6.07) is 10.6. The zero-order valence-corrected chi connectivity index (χ0v) is 16.9. The third-order valence-electron chi connectivity index (χ3n) is 4.72. The number of rotatable bonds is 9. The fourth-order valence-electron chi connectivity index (χ4n) is 3.01. The van der Waals surface area contributed by atoms with Crippen LogP contribution in [0.25, 0.3) is 22.4 Å². The second-order valence-electron chi connectivity index (χ2n) is 6.90. The van der Waals surface area contributed by atoms with Crippen molar-refractivity contribution in [3.63, 3.8) is 0 Å². The first-order valence-corrected chi connectivity index (χ1v) is 9.65. The van der Waals surface area contributed by atoms with E-state index in [-0.39, 0.29) is 11.5 Å². The Morgan fingerprint density at radius 1 is 1.16 bits per heavy atom. The number of phenolic OH excluding ortho intramolecular Hbond substituents is 2. The SMILES string of the molecule is COc1ccc(-c2nc(NCCCC(N)C(=O)O)ncc2-c2ccc(O)cc2)c(O)c1. The lowest BCUT2D eigenvalue weighted by Crippen LogP contribution is -2.30. The van der Waals surface area contributed by atoms with Crippen LogP contribution in [-0.2, 0) is 4.79 Å². The number of phenols is 2. The molecule has 9 nitrogen and oxygen atoms in total. The van der Waals surface area contributed by atoms with Gasteiger partial charge in [0, 0.05) is 29.9 Å². The molecule has 1 atom stereocenters. The topological polar surface area (TPSA) is 151 Å². The van der Waals surface area contributed by atoms with Crippen LogP contribution in [0.5, 0.6) is 17.2 Å². The molecule has 0 bridgehead atoms. The Balaban J connectivity index is 1.91. The van der Waals surface area contributed by atoms with Gasteiger partial charge in [0.05, 0.1) is 12.8 Å². The number of nitrogens with two attached hydrogens (primary N) is 1. The molecule has 0 aliphatic heterocycles. The first kappa shape index (κ1) is 21.8. The third-order valence-corrected chi connectivity index (χ3v) is 4.72. The second kappa shape index (κ2) is 9.77. The Morgan fingerprint density at radius 3 is 2.55 bits per heavy atom. The van der Waals surface area contributed by atoms with Crippen molar-refractivity contribution in [2.75, 3.05) is 19.0 Å². The van der Waals surface area contributed by atoms with Gasteiger partial charge in [-0.25, -0.2) is 9.97 Å². The Kier molecular flexibility index (Phi) is 6.88. The van der Waals surface area contributed by atoms with Crippen molar-refractivity contribution < 1.29 is 24.9 Å². The van der Waals surface area contributed by atoms with Crippen molar-refractivity contribution in [3.05, 3.63) is 48.7 Å². The number of hydrogen-bond acceptors (Lipinski definition) is 8. The van der Waals surface area contributed by atoms with E-state index in [4.69, 9.17) is 15.6 Å². The molecule has 162 valence electrons. The minimum atomic E-state index is -1.04. The van der Waals surface area contributed by atoms with Crippen molar-refractivity contribution >= 4 is 11.9 Å². The molecule has 0 spiro atoms. The van der Waals surface area contributed by atoms with Gasteiger partial charge in [-0.15, -0.1) is 0 Å². The highest BCUT2D eigenvalue weighted by atomic mass is 16.5. The molecule has 0 saturated carbocycles. The van der Waals surface area contributed by atoms with Crippen LogP contribution in [-0.4, -0.2) is 51.0 Å². The van der Waals surface area contributed by atoms with E-state index in [0.29, 0.717) is 47.9 Å². The molecular formula is C22H24N4O5. The van der Waals surface area contributed by atoms with E-state index in [0.717, 1.165) is 5.56 Å². The van der Waals surface area contributed by atoms with Crippen molar-refractivity contribution in [1.82, 2.24) is 9.97 Å². The summed E-state index contributed by atoms with van der Waals surface area (Å²) >= 11 is 0. The fourth-order valence-corrected chi connectivity index (χ4v) is 3.01. The maximum Gasteiger partial charge on any atom is 0.320 e. The molecule has 0 amide bonds. The van der Waals surface area contributed by atoms with Gasteiger partial charge < -0.3 is 31.1 Å². The number of aliphatic carboxylic acids is 1. The van der Waals surface area contributed by atoms with E-state index >= 15 is 0 Å². The lowest BCUT2D eigenvalue weighted by molar-refractivity contribution is -0.138. The van der Waals surface area contributed by atoms with Crippen LogP contribution in [0.15, 0.2) is 48.7 Å². The van der Waals surface area contributed by atoms with Crippen LogP contribution in [0, 0.1) is 0 Å². The number of hydrogen-bond donors (Lipinski definition) is 5. The maximum atomic E-state index is 10.8. The van der Waals surface area contributed by atoms with Gasteiger partial charge in [0.2, 0.25) is 5.95 Å². The van der Waals surface area contributed by atoms with Gasteiger partial charge in [-0.3, -0.25) is 4.79 Å². The standard InChI is InChI=1S/C22H24N4O5/c1-31-15-8-9-16(19(28)11-15)20-17(13-4-6-14(27)7-5-13)12-25-22(26-20)24-10-2-3-18(23)21(29)30/h4-9,11-12,18,27-28H,2-3,10,23H2,1H3,(H,29,30)(H,24,25,26). The zero-order chi connectivity index (χ0) is 22.4. The van der Waals surface area contributed by atoms with Gasteiger partial charge >= 0.3 is 5.97 Å². The molecule has 1 unspecified atom stereocenters. The maximum absolute atomic E-state index is 10.8. The van der Waals surface area contributed by atoms with E-state index in [2.05, 4.69) is 15.3 Å². The molecule has 0 saturated heterocycles. The van der Waals surface area contributed by atoms with Gasteiger partial charge in [-0.1, -0.05) is 12.1 Å². The Hall–Kier alpha value is -3.85. The Morgan fingerprint density at radius 2 is 1.90 bits per heavy atom. The zero-order valence-electron chi connectivity index (χ0n) is 16.9. The molecule has 0 aliphatic carbocycles. The molecule has 1 aromatic heterocycles. The number of benzene rings is 2. The van der Waals surface area contributed by atoms with E-state index in [1.807, 2.05) is 0 Å². The number of aromatic hydroxyl groups is 2. The normalized spacial score (nSPS) is 11.7. The summed E-state index contributed by atoms with van der Waals surface area (Å²) in [5.41, 5.74) is 7.93. The minimum Gasteiger partial charge on any atom is -0.508 e. The van der Waals surface area contributed by atoms with Crippen LogP contribution in [0.2, 0.25) is 0 Å². The summed E-state index contributed by atoms with van der Waals surface area (Å²) in [5.74, 6) is -0.0640. The number of ether oxygens (including phenoxy) is 1. The van der Waals surface area contributed by atoms with E-state index < -0.39 is 12.0 Å². The van der Waals surface area contributed by atoms with E-state index in [9.17, 15) is 15.0 Å². The van der Waals surface area contributed by atoms with Crippen LogP contribution in [0.1, 0.15) is 12.8 Å². The van der Waals surface area contributed by atoms with Gasteiger partial charge in [0.1, 0.15) is 23.3 Å². The first-order valence-electron chi connectivity index (χ1n) is 9.65. The minimum absolute atomic E-state index is 0.00328. The Bertz CT molecular complexity index is 1060. The van der Waals surface area contributed by atoms with Gasteiger partial charge in [-0.05, 0) is 42.7 Å². The molecule has 3 rings (SSSR count). The number of carbonyl (C=O) groups is 1. The quantitative estimate of drug-likeness (QED) is 0.327. The summed E-state index contributed by atoms with van der Waals surface area (Å²) in [6.07, 6.45) is 2.48. The highest BCUT2D eigenvalue weighted by molar-refractivity contribution is 5.84. The molecule has 2 aromatic carbocycles. The summed E-state index contributed by atoms with van der Waals surface area (Å²) in [7, 11) is 1.51. The Labute approximate surface area is 179 Å². The first-order chi connectivity index (χ1) is 14.9. The lowest BCUT2D eigenvalue weighted by Gasteiger charge is -2.14. The van der Waals surface area contributed by atoms with Crippen molar-refractivity contribution in [2.24, 2.45) is 5.73 Å². The van der Waals surface area contributed by atoms with Gasteiger partial charge in [-0.2, -0.15) is 0 Å². The van der Waals surface area contributed by atoms with E-state index in [1.165, 1.54) is 13.2 Å². The summed E-state index contributed by atoms with van der Waals surface area (Å²) in [4.78, 5) is 19.7. The number of methoxy groups -OCH3 is 1. The molecular weight excluding hydrogens is 400 g/mol. The molecule has 31 heavy (non-hydrogen) atoms. The third kappa shape index (κ3) is 5.40. The van der Waals surface area contributed by atoms with Gasteiger partial charge in [0.25, 0.3) is 0 Å². The number of carboxylic acid groups (broad SMARTS) is 1. The number of nitrogens with one attached hydrogen (secondary N) is 1. The number of carboxylic acids is 1. The molecule has 0 fully saturated rings. The highest BCUT2D eigenvalue weighted by Crippen LogP contribution is 2.37. The number of aromatic nitrogens is 2. The highest BCUT2D eigenvalue weighted by Gasteiger charge is 2.16. The average Bonchev–Trinajstić information content (AvgIpc) is 2.77. The van der Waals surface area contributed by atoms with Gasteiger partial charge in [0.15, 0.2) is 0 Å². The predicted molar refractivity (Wildman–Crippen MR) is 116 cm³/mol. The molecule has 0 aliphatic rings. The summed E-state index contributed by atoms with van der Waals surface area (Å²) < 4.78 is 5.15. The molecule has 1 heterocycles. The largest absolute Gasteiger partial charge is 0.508 e. The molecule has 9 heteroatoms. The monoisotopic (exact) mass is 424 g/mol.